The zero-order chi connectivity index (χ0) is 20.0. The van der Waals surface area contributed by atoms with Crippen molar-refractivity contribution in [2.24, 2.45) is 0 Å². The van der Waals surface area contributed by atoms with Crippen LogP contribution in [0.5, 0.6) is 29.0 Å². The van der Waals surface area contributed by atoms with Gasteiger partial charge in [0.15, 0.2) is 11.5 Å². The molecule has 1 aliphatic heterocycles. The van der Waals surface area contributed by atoms with Gasteiger partial charge in [-0.2, -0.15) is 9.97 Å². The van der Waals surface area contributed by atoms with Crippen LogP contribution >= 0.6 is 0 Å². The third kappa shape index (κ3) is 2.53. The second-order valence-corrected chi connectivity index (χ2v) is 6.25. The lowest BCUT2D eigenvalue weighted by Gasteiger charge is -2.27. The largest absolute Gasteiger partial charge is 0.493 e. The van der Waals surface area contributed by atoms with Crippen molar-refractivity contribution in [3.63, 3.8) is 0 Å². The summed E-state index contributed by atoms with van der Waals surface area (Å²) in [6, 6.07) is 3.71. The van der Waals surface area contributed by atoms with Crippen LogP contribution in [0.3, 0.4) is 0 Å². The number of rotatable bonds is 4. The fraction of sp³-hybridized carbons (Fsp3) is 0.278. The molecule has 28 heavy (non-hydrogen) atoms. The van der Waals surface area contributed by atoms with E-state index in [0.717, 1.165) is 16.8 Å². The molecule has 10 heteroatoms. The number of nitrogens with two attached hydrogens (primary N) is 2. The number of aromatic amines is 1. The molecular formula is C18H20N6O4. The second kappa shape index (κ2) is 6.48. The van der Waals surface area contributed by atoms with Crippen LogP contribution in [0.4, 0.5) is 11.8 Å². The van der Waals surface area contributed by atoms with Crippen LogP contribution in [0.1, 0.15) is 28.3 Å². The number of fused-ring (bicyclic) bond motifs is 2. The Labute approximate surface area is 160 Å². The first-order chi connectivity index (χ1) is 13.5. The summed E-state index contributed by atoms with van der Waals surface area (Å²) in [5.74, 6) is 2.08. The summed E-state index contributed by atoms with van der Waals surface area (Å²) in [6.07, 6.45) is 0. The van der Waals surface area contributed by atoms with Crippen LogP contribution in [0.15, 0.2) is 12.1 Å². The predicted molar refractivity (Wildman–Crippen MR) is 101 cm³/mol. The minimum Gasteiger partial charge on any atom is -0.493 e. The van der Waals surface area contributed by atoms with Crippen LogP contribution in [-0.4, -0.2) is 41.5 Å². The fourth-order valence-corrected chi connectivity index (χ4v) is 3.50. The molecule has 146 valence electrons. The number of aromatic nitrogens is 4. The second-order valence-electron chi connectivity index (χ2n) is 6.25. The Morgan fingerprint density at radius 2 is 1.64 bits per heavy atom. The van der Waals surface area contributed by atoms with Crippen molar-refractivity contribution >= 4 is 11.8 Å². The number of methoxy groups -OCH3 is 3. The Kier molecular flexibility index (Phi) is 4.10. The molecule has 0 aliphatic carbocycles. The molecule has 0 saturated carbocycles. The highest BCUT2D eigenvalue weighted by atomic mass is 16.5. The van der Waals surface area contributed by atoms with Crippen LogP contribution in [0.2, 0.25) is 0 Å². The molecule has 5 N–H and O–H groups in total. The lowest BCUT2D eigenvalue weighted by molar-refractivity contribution is 0.323. The third-order valence-electron chi connectivity index (χ3n) is 4.71. The van der Waals surface area contributed by atoms with E-state index < -0.39 is 0 Å². The van der Waals surface area contributed by atoms with Crippen molar-refractivity contribution in [2.75, 3.05) is 32.8 Å². The Morgan fingerprint density at radius 1 is 0.964 bits per heavy atom. The molecule has 1 aromatic carbocycles. The highest BCUT2D eigenvalue weighted by Crippen LogP contribution is 2.51. The van der Waals surface area contributed by atoms with Gasteiger partial charge in [0.2, 0.25) is 23.5 Å². The monoisotopic (exact) mass is 384 g/mol. The van der Waals surface area contributed by atoms with E-state index in [-0.39, 0.29) is 23.6 Å². The molecule has 0 fully saturated rings. The number of ether oxygens (including phenoxy) is 4. The van der Waals surface area contributed by atoms with E-state index in [9.17, 15) is 0 Å². The predicted octanol–water partition coefficient (Wildman–Crippen LogP) is 1.98. The molecule has 0 spiro atoms. The van der Waals surface area contributed by atoms with Gasteiger partial charge in [0.25, 0.3) is 0 Å². The van der Waals surface area contributed by atoms with Gasteiger partial charge in [-0.15, -0.1) is 5.10 Å². The van der Waals surface area contributed by atoms with Crippen molar-refractivity contribution in [1.82, 2.24) is 20.2 Å². The number of benzene rings is 1. The maximum Gasteiger partial charge on any atom is 0.244 e. The molecule has 3 heterocycles. The van der Waals surface area contributed by atoms with Gasteiger partial charge in [0.05, 0.1) is 32.8 Å². The number of aryl methyl sites for hydroxylation is 1. The fourth-order valence-electron chi connectivity index (χ4n) is 3.50. The Balaban J connectivity index is 2.02. The SMILES string of the molecule is COc1cc(C2c3c(N)nc(N)nc3Oc3n[nH]c(C)c32)cc(OC)c1OC. The molecule has 1 aliphatic rings. The van der Waals surface area contributed by atoms with E-state index in [1.54, 1.807) is 21.3 Å². The summed E-state index contributed by atoms with van der Waals surface area (Å²) >= 11 is 0. The van der Waals surface area contributed by atoms with Gasteiger partial charge in [-0.1, -0.05) is 0 Å². The van der Waals surface area contributed by atoms with Crippen molar-refractivity contribution in [3.05, 3.63) is 34.5 Å². The van der Waals surface area contributed by atoms with Crippen LogP contribution in [-0.2, 0) is 0 Å². The maximum atomic E-state index is 6.21. The molecule has 1 atom stereocenters. The Morgan fingerprint density at radius 3 is 2.25 bits per heavy atom. The summed E-state index contributed by atoms with van der Waals surface area (Å²) < 4.78 is 22.3. The summed E-state index contributed by atoms with van der Waals surface area (Å²) in [5, 5.41) is 7.18. The normalized spacial score (nSPS) is 14.6. The standard InChI is InChI=1S/C18H20N6O4/c1-7-11-12(8-5-9(25-2)14(27-4)10(6-8)26-3)13-15(19)21-18(20)22-16(13)28-17(11)24-23-7/h5-6,12H,1-4H3,(H,23,24)(H4,19,20,21,22). The highest BCUT2D eigenvalue weighted by Gasteiger charge is 2.37. The van der Waals surface area contributed by atoms with Gasteiger partial charge in [-0.3, -0.25) is 5.10 Å². The van der Waals surface area contributed by atoms with E-state index in [2.05, 4.69) is 20.2 Å². The molecule has 0 saturated heterocycles. The van der Waals surface area contributed by atoms with Gasteiger partial charge in [-0.05, 0) is 24.6 Å². The molecule has 1 unspecified atom stereocenters. The summed E-state index contributed by atoms with van der Waals surface area (Å²) in [7, 11) is 4.67. The van der Waals surface area contributed by atoms with Gasteiger partial charge in [-0.25, -0.2) is 0 Å². The molecule has 4 rings (SSSR count). The molecule has 10 nitrogen and oxygen atoms in total. The quantitative estimate of drug-likeness (QED) is 0.481. The molecule has 2 aromatic heterocycles. The van der Waals surface area contributed by atoms with E-state index >= 15 is 0 Å². The van der Waals surface area contributed by atoms with Crippen LogP contribution in [0, 0.1) is 6.92 Å². The Hall–Kier alpha value is -3.69. The first kappa shape index (κ1) is 17.7. The summed E-state index contributed by atoms with van der Waals surface area (Å²) in [5.41, 5.74) is 15.0. The Bertz CT molecular complexity index is 1040. The van der Waals surface area contributed by atoms with E-state index in [1.165, 1.54) is 0 Å². The van der Waals surface area contributed by atoms with Crippen LogP contribution in [0.25, 0.3) is 0 Å². The molecule has 0 amide bonds. The minimum atomic E-state index is -0.369. The van der Waals surface area contributed by atoms with Crippen molar-refractivity contribution in [2.45, 2.75) is 12.8 Å². The topological polar surface area (TPSA) is 143 Å². The van der Waals surface area contributed by atoms with Gasteiger partial charge in [0.1, 0.15) is 5.82 Å². The highest BCUT2D eigenvalue weighted by molar-refractivity contribution is 5.66. The number of nitrogens with zero attached hydrogens (tertiary/aromatic N) is 3. The zero-order valence-electron chi connectivity index (χ0n) is 15.9. The lowest BCUT2D eigenvalue weighted by Crippen LogP contribution is -2.17. The first-order valence-electron chi connectivity index (χ1n) is 8.44. The molecule has 0 bridgehead atoms. The van der Waals surface area contributed by atoms with Crippen molar-refractivity contribution < 1.29 is 18.9 Å². The van der Waals surface area contributed by atoms with Crippen molar-refractivity contribution in [3.8, 4) is 29.0 Å². The van der Waals surface area contributed by atoms with E-state index in [0.29, 0.717) is 28.7 Å². The molecule has 0 radical (unpaired) electrons. The minimum absolute atomic E-state index is 0.0237. The summed E-state index contributed by atoms with van der Waals surface area (Å²) in [4.78, 5) is 8.32. The van der Waals surface area contributed by atoms with Gasteiger partial charge >= 0.3 is 0 Å². The van der Waals surface area contributed by atoms with Crippen molar-refractivity contribution in [1.29, 1.82) is 0 Å². The average molecular weight is 384 g/mol. The smallest absolute Gasteiger partial charge is 0.244 e. The lowest BCUT2D eigenvalue weighted by atomic mass is 9.84. The number of hydrogen-bond acceptors (Lipinski definition) is 9. The number of anilines is 2. The number of hydrogen-bond donors (Lipinski definition) is 3. The van der Waals surface area contributed by atoms with Gasteiger partial charge < -0.3 is 30.4 Å². The zero-order valence-corrected chi connectivity index (χ0v) is 15.9. The number of nitrogen functional groups attached to an aromatic ring is 2. The van der Waals surface area contributed by atoms with Gasteiger partial charge in [0, 0.05) is 11.3 Å². The first-order valence-corrected chi connectivity index (χ1v) is 8.44. The summed E-state index contributed by atoms with van der Waals surface area (Å²) in [6.45, 7) is 1.90. The molecule has 3 aromatic rings. The van der Waals surface area contributed by atoms with E-state index in [1.807, 2.05) is 19.1 Å². The number of nitrogens with one attached hydrogen (secondary N) is 1. The average Bonchev–Trinajstić information content (AvgIpc) is 3.05. The number of H-pyrrole nitrogens is 1. The van der Waals surface area contributed by atoms with Crippen LogP contribution < -0.4 is 30.4 Å². The maximum absolute atomic E-state index is 6.21. The third-order valence-corrected chi connectivity index (χ3v) is 4.71. The van der Waals surface area contributed by atoms with E-state index in [4.69, 9.17) is 30.4 Å². The molecular weight excluding hydrogens is 364 g/mol.